The van der Waals surface area contributed by atoms with Crippen molar-refractivity contribution in [3.8, 4) is 0 Å². The van der Waals surface area contributed by atoms with Crippen molar-refractivity contribution < 1.29 is 9.53 Å². The fraction of sp³-hybridized carbons (Fsp3) is 0.545. The molecular weight excluding hydrogens is 224 g/mol. The highest BCUT2D eigenvalue weighted by Crippen LogP contribution is 2.33. The van der Waals surface area contributed by atoms with Crippen molar-refractivity contribution in [3.05, 3.63) is 16.0 Å². The molecule has 0 saturated heterocycles. The number of nitrogens with two attached hydrogens (primary N) is 1. The Morgan fingerprint density at radius 1 is 1.62 bits per heavy atom. The molecule has 88 valence electrons. The largest absolute Gasteiger partial charge is 0.462 e. The van der Waals surface area contributed by atoms with E-state index in [1.54, 1.807) is 6.92 Å². The summed E-state index contributed by atoms with van der Waals surface area (Å²) in [7, 11) is 0. The second kappa shape index (κ2) is 4.84. The summed E-state index contributed by atoms with van der Waals surface area (Å²) in [5.74, 6) is -0.278. The number of rotatable bonds is 2. The van der Waals surface area contributed by atoms with Gasteiger partial charge in [-0.05, 0) is 31.9 Å². The SMILES string of the molecule is CCOC(=O)c1c(N)sc2c1CCCNC2. The summed E-state index contributed by atoms with van der Waals surface area (Å²) in [5.41, 5.74) is 7.58. The predicted octanol–water partition coefficient (Wildman–Crippen LogP) is 1.54. The Hall–Kier alpha value is -1.07. The van der Waals surface area contributed by atoms with E-state index in [0.29, 0.717) is 17.2 Å². The van der Waals surface area contributed by atoms with E-state index in [4.69, 9.17) is 10.5 Å². The minimum absolute atomic E-state index is 0.278. The third kappa shape index (κ3) is 2.05. The maximum absolute atomic E-state index is 11.8. The highest BCUT2D eigenvalue weighted by atomic mass is 32.1. The summed E-state index contributed by atoms with van der Waals surface area (Å²) in [6, 6.07) is 0. The van der Waals surface area contributed by atoms with Gasteiger partial charge < -0.3 is 15.8 Å². The number of ether oxygens (including phenoxy) is 1. The normalized spacial score (nSPS) is 15.3. The van der Waals surface area contributed by atoms with Crippen molar-refractivity contribution >= 4 is 22.3 Å². The lowest BCUT2D eigenvalue weighted by molar-refractivity contribution is 0.0527. The molecule has 1 aliphatic rings. The first kappa shape index (κ1) is 11.4. The Morgan fingerprint density at radius 2 is 2.44 bits per heavy atom. The van der Waals surface area contributed by atoms with Gasteiger partial charge in [0.25, 0.3) is 0 Å². The van der Waals surface area contributed by atoms with Gasteiger partial charge in [-0.25, -0.2) is 4.79 Å². The number of nitrogens with one attached hydrogen (secondary N) is 1. The Bertz CT molecular complexity index is 401. The van der Waals surface area contributed by atoms with Crippen LogP contribution >= 0.6 is 11.3 Å². The molecule has 2 rings (SSSR count). The van der Waals surface area contributed by atoms with Gasteiger partial charge in [-0.2, -0.15) is 0 Å². The fourth-order valence-electron chi connectivity index (χ4n) is 1.96. The van der Waals surface area contributed by atoms with Crippen LogP contribution in [-0.2, 0) is 17.7 Å². The molecular formula is C11H16N2O2S. The predicted molar refractivity (Wildman–Crippen MR) is 64.7 cm³/mol. The van der Waals surface area contributed by atoms with E-state index in [9.17, 15) is 4.79 Å². The van der Waals surface area contributed by atoms with Crippen LogP contribution in [0.2, 0.25) is 0 Å². The average molecular weight is 240 g/mol. The van der Waals surface area contributed by atoms with Crippen LogP contribution in [0.5, 0.6) is 0 Å². The van der Waals surface area contributed by atoms with Crippen molar-refractivity contribution in [2.75, 3.05) is 18.9 Å². The van der Waals surface area contributed by atoms with E-state index in [1.165, 1.54) is 16.2 Å². The van der Waals surface area contributed by atoms with Crippen LogP contribution in [0.3, 0.4) is 0 Å². The molecule has 1 aliphatic heterocycles. The van der Waals surface area contributed by atoms with Crippen LogP contribution < -0.4 is 11.1 Å². The maximum Gasteiger partial charge on any atom is 0.341 e. The molecule has 16 heavy (non-hydrogen) atoms. The van der Waals surface area contributed by atoms with Gasteiger partial charge in [0.2, 0.25) is 0 Å². The van der Waals surface area contributed by atoms with Gasteiger partial charge in [-0.1, -0.05) is 0 Å². The molecule has 0 saturated carbocycles. The molecule has 0 bridgehead atoms. The third-order valence-electron chi connectivity index (χ3n) is 2.66. The molecule has 0 unspecified atom stereocenters. The van der Waals surface area contributed by atoms with Crippen LogP contribution in [0, 0.1) is 0 Å². The smallest absolute Gasteiger partial charge is 0.341 e. The molecule has 0 amide bonds. The molecule has 1 aromatic heterocycles. The first-order valence-corrected chi connectivity index (χ1v) is 6.33. The average Bonchev–Trinajstić information content (AvgIpc) is 2.43. The quantitative estimate of drug-likeness (QED) is 0.770. The zero-order chi connectivity index (χ0) is 11.5. The van der Waals surface area contributed by atoms with Crippen LogP contribution in [0.25, 0.3) is 0 Å². The van der Waals surface area contributed by atoms with Crippen molar-refractivity contribution in [3.63, 3.8) is 0 Å². The molecule has 0 fully saturated rings. The van der Waals surface area contributed by atoms with Gasteiger partial charge in [0, 0.05) is 11.4 Å². The Balaban J connectivity index is 2.36. The zero-order valence-electron chi connectivity index (χ0n) is 9.34. The van der Waals surface area contributed by atoms with Crippen LogP contribution in [0.4, 0.5) is 5.00 Å². The highest BCUT2D eigenvalue weighted by molar-refractivity contribution is 7.16. The second-order valence-electron chi connectivity index (χ2n) is 3.74. The minimum atomic E-state index is -0.278. The monoisotopic (exact) mass is 240 g/mol. The van der Waals surface area contributed by atoms with Gasteiger partial charge >= 0.3 is 5.97 Å². The summed E-state index contributed by atoms with van der Waals surface area (Å²) in [5, 5.41) is 3.91. The van der Waals surface area contributed by atoms with Crippen LogP contribution in [0.15, 0.2) is 0 Å². The molecule has 1 aromatic rings. The summed E-state index contributed by atoms with van der Waals surface area (Å²) in [6.07, 6.45) is 1.94. The van der Waals surface area contributed by atoms with E-state index in [2.05, 4.69) is 5.32 Å². The van der Waals surface area contributed by atoms with Crippen molar-refractivity contribution in [1.82, 2.24) is 5.32 Å². The van der Waals surface area contributed by atoms with Crippen LogP contribution in [-0.4, -0.2) is 19.1 Å². The maximum atomic E-state index is 11.8. The number of hydrogen-bond acceptors (Lipinski definition) is 5. The Labute approximate surface area is 98.8 Å². The number of nitrogen functional groups attached to an aromatic ring is 1. The van der Waals surface area contributed by atoms with Gasteiger partial charge in [0.05, 0.1) is 12.2 Å². The molecule has 0 atom stereocenters. The van der Waals surface area contributed by atoms with E-state index in [0.717, 1.165) is 31.5 Å². The van der Waals surface area contributed by atoms with E-state index in [1.807, 2.05) is 0 Å². The highest BCUT2D eigenvalue weighted by Gasteiger charge is 2.23. The first-order chi connectivity index (χ1) is 7.74. The van der Waals surface area contributed by atoms with E-state index in [-0.39, 0.29) is 5.97 Å². The molecule has 0 radical (unpaired) electrons. The summed E-state index contributed by atoms with van der Waals surface area (Å²) in [6.45, 7) is 4.00. The van der Waals surface area contributed by atoms with E-state index >= 15 is 0 Å². The van der Waals surface area contributed by atoms with Crippen molar-refractivity contribution in [1.29, 1.82) is 0 Å². The summed E-state index contributed by atoms with van der Waals surface area (Å²) >= 11 is 1.50. The Kier molecular flexibility index (Phi) is 3.46. The summed E-state index contributed by atoms with van der Waals surface area (Å²) < 4.78 is 5.04. The molecule has 4 nitrogen and oxygen atoms in total. The second-order valence-corrected chi connectivity index (χ2v) is 4.88. The molecule has 0 aromatic carbocycles. The lowest BCUT2D eigenvalue weighted by Gasteiger charge is -2.04. The number of hydrogen-bond donors (Lipinski definition) is 2. The van der Waals surface area contributed by atoms with E-state index < -0.39 is 0 Å². The fourth-order valence-corrected chi connectivity index (χ4v) is 3.04. The molecule has 5 heteroatoms. The number of thiophene rings is 1. The lowest BCUT2D eigenvalue weighted by atomic mass is 10.1. The zero-order valence-corrected chi connectivity index (χ0v) is 10.2. The van der Waals surface area contributed by atoms with Gasteiger partial charge in [0.1, 0.15) is 5.00 Å². The molecule has 0 aliphatic carbocycles. The Morgan fingerprint density at radius 3 is 3.19 bits per heavy atom. The van der Waals surface area contributed by atoms with Crippen molar-refractivity contribution in [2.45, 2.75) is 26.3 Å². The summed E-state index contributed by atoms with van der Waals surface area (Å²) in [4.78, 5) is 13.0. The van der Waals surface area contributed by atoms with Gasteiger partial charge in [0.15, 0.2) is 0 Å². The molecule has 3 N–H and O–H groups in total. The number of carbonyl (C=O) groups is 1. The topological polar surface area (TPSA) is 64.3 Å². The number of fused-ring (bicyclic) bond motifs is 1. The minimum Gasteiger partial charge on any atom is -0.462 e. The van der Waals surface area contributed by atoms with Gasteiger partial charge in [-0.3, -0.25) is 0 Å². The molecule has 0 spiro atoms. The van der Waals surface area contributed by atoms with Gasteiger partial charge in [-0.15, -0.1) is 11.3 Å². The number of carbonyl (C=O) groups excluding carboxylic acids is 1. The lowest BCUT2D eigenvalue weighted by Crippen LogP contribution is -2.11. The van der Waals surface area contributed by atoms with Crippen LogP contribution in [0.1, 0.15) is 34.1 Å². The standard InChI is InChI=1S/C11H16N2O2S/c1-2-15-11(14)9-7-4-3-5-13-6-8(7)16-10(9)12/h13H,2-6,12H2,1H3. The third-order valence-corrected chi connectivity index (χ3v) is 3.72. The number of esters is 1. The number of anilines is 1. The first-order valence-electron chi connectivity index (χ1n) is 5.52. The van der Waals surface area contributed by atoms with Crippen molar-refractivity contribution in [2.24, 2.45) is 0 Å². The molecule has 2 heterocycles.